The molecule has 3 rings (SSSR count). The van der Waals surface area contributed by atoms with E-state index in [1.165, 1.54) is 17.9 Å². The van der Waals surface area contributed by atoms with Gasteiger partial charge in [-0.15, -0.1) is 0 Å². The molecule has 19 heavy (non-hydrogen) atoms. The highest BCUT2D eigenvalue weighted by Crippen LogP contribution is 2.40. The van der Waals surface area contributed by atoms with Gasteiger partial charge >= 0.3 is 0 Å². The predicted octanol–water partition coefficient (Wildman–Crippen LogP) is 4.02. The van der Waals surface area contributed by atoms with Gasteiger partial charge < -0.3 is 9.47 Å². The van der Waals surface area contributed by atoms with Crippen LogP contribution in [0.1, 0.15) is 19.3 Å². The molecule has 0 N–H and O–H groups in total. The summed E-state index contributed by atoms with van der Waals surface area (Å²) in [5.41, 5.74) is 0.0140. The number of hydrogen-bond acceptors (Lipinski definition) is 3. The SMILES string of the molecule is Fc1ccc(OC2CCOC3(CCSC3)C2)c(Br)c1. The smallest absolute Gasteiger partial charge is 0.134 e. The molecule has 0 amide bonds. The maximum atomic E-state index is 13.1. The summed E-state index contributed by atoms with van der Waals surface area (Å²) in [6, 6.07) is 4.56. The molecule has 1 aromatic rings. The van der Waals surface area contributed by atoms with Gasteiger partial charge in [0.15, 0.2) is 0 Å². The highest BCUT2D eigenvalue weighted by atomic mass is 79.9. The van der Waals surface area contributed by atoms with Crippen LogP contribution in [0.5, 0.6) is 5.75 Å². The maximum absolute atomic E-state index is 13.1. The zero-order chi connectivity index (χ0) is 13.3. The van der Waals surface area contributed by atoms with Crippen LogP contribution in [0.25, 0.3) is 0 Å². The van der Waals surface area contributed by atoms with E-state index in [0.717, 1.165) is 31.6 Å². The summed E-state index contributed by atoms with van der Waals surface area (Å²) in [5.74, 6) is 2.70. The second kappa shape index (κ2) is 5.62. The van der Waals surface area contributed by atoms with Crippen molar-refractivity contribution in [3.63, 3.8) is 0 Å². The summed E-state index contributed by atoms with van der Waals surface area (Å²) in [7, 11) is 0. The minimum Gasteiger partial charge on any atom is -0.489 e. The Hall–Kier alpha value is -0.260. The van der Waals surface area contributed by atoms with Crippen LogP contribution < -0.4 is 4.74 Å². The normalized spacial score (nSPS) is 30.7. The van der Waals surface area contributed by atoms with Crippen LogP contribution in [0.3, 0.4) is 0 Å². The molecule has 0 aromatic heterocycles. The lowest BCUT2D eigenvalue weighted by molar-refractivity contribution is -0.0960. The summed E-state index contributed by atoms with van der Waals surface area (Å²) in [4.78, 5) is 0. The highest BCUT2D eigenvalue weighted by Gasteiger charge is 2.41. The monoisotopic (exact) mass is 346 g/mol. The molecule has 2 atom stereocenters. The van der Waals surface area contributed by atoms with Crippen LogP contribution in [0, 0.1) is 5.82 Å². The van der Waals surface area contributed by atoms with Gasteiger partial charge in [0.1, 0.15) is 17.7 Å². The Labute approximate surface area is 125 Å². The van der Waals surface area contributed by atoms with E-state index < -0.39 is 0 Å². The zero-order valence-electron chi connectivity index (χ0n) is 10.5. The average molecular weight is 347 g/mol. The van der Waals surface area contributed by atoms with Crippen LogP contribution in [-0.2, 0) is 4.74 Å². The maximum Gasteiger partial charge on any atom is 0.134 e. The molecule has 2 fully saturated rings. The Bertz CT molecular complexity index is 463. The van der Waals surface area contributed by atoms with Crippen LogP contribution in [0.4, 0.5) is 4.39 Å². The largest absolute Gasteiger partial charge is 0.489 e. The number of ether oxygens (including phenoxy) is 2. The third-order valence-corrected chi connectivity index (χ3v) is 5.55. The molecular weight excluding hydrogens is 331 g/mol. The number of benzene rings is 1. The van der Waals surface area contributed by atoms with Crippen molar-refractivity contribution < 1.29 is 13.9 Å². The van der Waals surface area contributed by atoms with E-state index in [9.17, 15) is 4.39 Å². The van der Waals surface area contributed by atoms with E-state index in [1.807, 2.05) is 11.8 Å². The lowest BCUT2D eigenvalue weighted by atomic mass is 9.91. The van der Waals surface area contributed by atoms with Crippen molar-refractivity contribution in [1.29, 1.82) is 0 Å². The van der Waals surface area contributed by atoms with E-state index >= 15 is 0 Å². The molecule has 2 aliphatic heterocycles. The highest BCUT2D eigenvalue weighted by molar-refractivity contribution is 9.10. The van der Waals surface area contributed by atoms with Crippen LogP contribution >= 0.6 is 27.7 Å². The minimum atomic E-state index is -0.255. The molecule has 5 heteroatoms. The number of hydrogen-bond donors (Lipinski definition) is 0. The van der Waals surface area contributed by atoms with Gasteiger partial charge in [-0.25, -0.2) is 4.39 Å². The predicted molar refractivity (Wildman–Crippen MR) is 78.4 cm³/mol. The van der Waals surface area contributed by atoms with Crippen molar-refractivity contribution >= 4 is 27.7 Å². The second-order valence-electron chi connectivity index (χ2n) is 5.14. The third kappa shape index (κ3) is 3.09. The average Bonchev–Trinajstić information content (AvgIpc) is 2.81. The van der Waals surface area contributed by atoms with Crippen molar-refractivity contribution in [2.45, 2.75) is 31.0 Å². The summed E-state index contributed by atoms with van der Waals surface area (Å²) >= 11 is 5.30. The van der Waals surface area contributed by atoms with Crippen LogP contribution in [-0.4, -0.2) is 29.8 Å². The molecule has 1 aromatic carbocycles. The first-order valence-electron chi connectivity index (χ1n) is 6.50. The fourth-order valence-electron chi connectivity index (χ4n) is 2.70. The molecule has 0 radical (unpaired) electrons. The Morgan fingerprint density at radius 1 is 1.47 bits per heavy atom. The summed E-state index contributed by atoms with van der Waals surface area (Å²) < 4.78 is 25.7. The van der Waals surface area contributed by atoms with Crippen LogP contribution in [0.15, 0.2) is 22.7 Å². The zero-order valence-corrected chi connectivity index (χ0v) is 12.9. The number of thioether (sulfide) groups is 1. The van der Waals surface area contributed by atoms with E-state index in [1.54, 1.807) is 6.07 Å². The van der Waals surface area contributed by atoms with Gasteiger partial charge in [0.25, 0.3) is 0 Å². The first-order chi connectivity index (χ1) is 9.17. The van der Waals surface area contributed by atoms with Gasteiger partial charge in [0.05, 0.1) is 16.7 Å². The number of rotatable bonds is 2. The van der Waals surface area contributed by atoms with E-state index in [0.29, 0.717) is 10.2 Å². The third-order valence-electron chi connectivity index (χ3n) is 3.70. The molecule has 2 nitrogen and oxygen atoms in total. The van der Waals surface area contributed by atoms with Gasteiger partial charge in [0, 0.05) is 18.6 Å². The van der Waals surface area contributed by atoms with Crippen LogP contribution in [0.2, 0.25) is 0 Å². The quantitative estimate of drug-likeness (QED) is 0.805. The molecule has 2 aliphatic rings. The minimum absolute atomic E-state index is 0.0140. The summed E-state index contributed by atoms with van der Waals surface area (Å²) in [6.45, 7) is 0.754. The van der Waals surface area contributed by atoms with Gasteiger partial charge in [-0.2, -0.15) is 11.8 Å². The van der Waals surface area contributed by atoms with Gasteiger partial charge in [-0.1, -0.05) is 0 Å². The van der Waals surface area contributed by atoms with Gasteiger partial charge in [-0.3, -0.25) is 0 Å². The molecule has 2 saturated heterocycles. The molecule has 0 saturated carbocycles. The Morgan fingerprint density at radius 3 is 3.11 bits per heavy atom. The van der Waals surface area contributed by atoms with Crippen molar-refractivity contribution in [1.82, 2.24) is 0 Å². The Kier molecular flexibility index (Phi) is 4.06. The van der Waals surface area contributed by atoms with Crippen molar-refractivity contribution in [3.05, 3.63) is 28.5 Å². The number of halogens is 2. The fourth-order valence-corrected chi connectivity index (χ4v) is 4.52. The lowest BCUT2D eigenvalue weighted by Gasteiger charge is -2.37. The fraction of sp³-hybridized carbons (Fsp3) is 0.571. The van der Waals surface area contributed by atoms with Crippen molar-refractivity contribution in [2.75, 3.05) is 18.1 Å². The topological polar surface area (TPSA) is 18.5 Å². The Balaban J connectivity index is 1.69. The molecule has 2 unspecified atom stereocenters. The van der Waals surface area contributed by atoms with E-state index in [-0.39, 0.29) is 17.5 Å². The van der Waals surface area contributed by atoms with Gasteiger partial charge in [0.2, 0.25) is 0 Å². The molecule has 2 heterocycles. The van der Waals surface area contributed by atoms with Gasteiger partial charge in [-0.05, 0) is 46.3 Å². The standard InChI is InChI=1S/C14H16BrFO2S/c15-12-7-10(16)1-2-13(12)18-11-3-5-17-14(8-11)4-6-19-9-14/h1-2,7,11H,3-6,8-9H2. The van der Waals surface area contributed by atoms with E-state index in [2.05, 4.69) is 15.9 Å². The lowest BCUT2D eigenvalue weighted by Crippen LogP contribution is -2.43. The first-order valence-corrected chi connectivity index (χ1v) is 8.45. The van der Waals surface area contributed by atoms with Crippen molar-refractivity contribution in [3.8, 4) is 5.75 Å². The molecule has 0 aliphatic carbocycles. The second-order valence-corrected chi connectivity index (χ2v) is 7.10. The Morgan fingerprint density at radius 2 is 2.37 bits per heavy atom. The first kappa shape index (κ1) is 13.7. The van der Waals surface area contributed by atoms with Crippen molar-refractivity contribution in [2.24, 2.45) is 0 Å². The van der Waals surface area contributed by atoms with E-state index in [4.69, 9.17) is 9.47 Å². The molecule has 0 bridgehead atoms. The summed E-state index contributed by atoms with van der Waals surface area (Å²) in [6.07, 6.45) is 3.11. The molecule has 1 spiro atoms. The molecule has 104 valence electrons. The molecular formula is C14H16BrFO2S. The summed E-state index contributed by atoms with van der Waals surface area (Å²) in [5, 5.41) is 0.